The average Bonchev–Trinajstić information content (AvgIpc) is 2.58. The molecule has 3 heteroatoms. The molecule has 0 unspecified atom stereocenters. The minimum absolute atomic E-state index is 0.190. The lowest BCUT2D eigenvalue weighted by atomic mass is 9.94. The van der Waals surface area contributed by atoms with Crippen LogP contribution < -0.4 is 4.74 Å². The van der Waals surface area contributed by atoms with Gasteiger partial charge in [-0.15, -0.1) is 0 Å². The van der Waals surface area contributed by atoms with Crippen LogP contribution in [-0.4, -0.2) is 23.3 Å². The SMILES string of the molecule is Cc1cc(/C=C2\CCCN=C2c2cccnc2)ccc1OC(C)C. The Balaban J connectivity index is 1.90. The summed E-state index contributed by atoms with van der Waals surface area (Å²) in [4.78, 5) is 8.97. The van der Waals surface area contributed by atoms with Gasteiger partial charge in [0.15, 0.2) is 0 Å². The molecule has 0 aliphatic carbocycles. The van der Waals surface area contributed by atoms with Crippen molar-refractivity contribution < 1.29 is 4.74 Å². The van der Waals surface area contributed by atoms with Gasteiger partial charge in [0.25, 0.3) is 0 Å². The van der Waals surface area contributed by atoms with E-state index in [1.165, 1.54) is 11.1 Å². The van der Waals surface area contributed by atoms with Crippen molar-refractivity contribution in [1.29, 1.82) is 0 Å². The van der Waals surface area contributed by atoms with Crippen LogP contribution >= 0.6 is 0 Å². The van der Waals surface area contributed by atoms with E-state index in [-0.39, 0.29) is 6.10 Å². The molecule has 0 bridgehead atoms. The molecule has 0 spiro atoms. The molecular formula is C21H24N2O. The molecule has 3 nitrogen and oxygen atoms in total. The Kier molecular flexibility index (Phi) is 5.09. The largest absolute Gasteiger partial charge is 0.491 e. The van der Waals surface area contributed by atoms with Gasteiger partial charge in [-0.1, -0.05) is 6.07 Å². The molecule has 0 saturated heterocycles. The first-order valence-electron chi connectivity index (χ1n) is 8.56. The topological polar surface area (TPSA) is 34.5 Å². The number of hydrogen-bond donors (Lipinski definition) is 0. The molecule has 0 fully saturated rings. The number of allylic oxidation sites excluding steroid dienone is 1. The summed E-state index contributed by atoms with van der Waals surface area (Å²) in [6.07, 6.45) is 8.28. The lowest BCUT2D eigenvalue weighted by Gasteiger charge is -2.17. The van der Waals surface area contributed by atoms with Crippen molar-refractivity contribution in [3.8, 4) is 5.75 Å². The highest BCUT2D eigenvalue weighted by Gasteiger charge is 2.14. The number of pyridine rings is 1. The predicted octanol–water partition coefficient (Wildman–Crippen LogP) is 4.84. The standard InChI is InChI=1S/C21H24N2O/c1-15(2)24-20-9-8-17(12-16(20)3)13-18-6-5-11-23-21(18)19-7-4-10-22-14-19/h4,7-10,12-15H,5-6,11H2,1-3H3/b18-13+. The van der Waals surface area contributed by atoms with Crippen LogP contribution in [0.15, 0.2) is 53.3 Å². The molecule has 2 heterocycles. The summed E-state index contributed by atoms with van der Waals surface area (Å²) in [5.74, 6) is 0.956. The number of aliphatic imine (C=N–C) groups is 1. The summed E-state index contributed by atoms with van der Waals surface area (Å²) in [6, 6.07) is 10.4. The number of rotatable bonds is 4. The van der Waals surface area contributed by atoms with Gasteiger partial charge in [-0.3, -0.25) is 9.98 Å². The molecule has 0 radical (unpaired) electrons. The highest BCUT2D eigenvalue weighted by Crippen LogP contribution is 2.25. The molecule has 0 N–H and O–H groups in total. The Morgan fingerprint density at radius 1 is 1.21 bits per heavy atom. The van der Waals surface area contributed by atoms with Crippen molar-refractivity contribution >= 4 is 11.8 Å². The van der Waals surface area contributed by atoms with Crippen LogP contribution in [-0.2, 0) is 0 Å². The third kappa shape index (κ3) is 3.91. The van der Waals surface area contributed by atoms with E-state index in [9.17, 15) is 0 Å². The number of aryl methyl sites for hydroxylation is 1. The summed E-state index contributed by atoms with van der Waals surface area (Å²) in [5.41, 5.74) is 5.81. The summed E-state index contributed by atoms with van der Waals surface area (Å²) in [5, 5.41) is 0. The Morgan fingerprint density at radius 2 is 2.08 bits per heavy atom. The van der Waals surface area contributed by atoms with Gasteiger partial charge in [0.05, 0.1) is 11.8 Å². The maximum atomic E-state index is 5.83. The van der Waals surface area contributed by atoms with E-state index in [1.807, 2.05) is 26.1 Å². The van der Waals surface area contributed by atoms with Crippen LogP contribution in [0, 0.1) is 6.92 Å². The first-order chi connectivity index (χ1) is 11.6. The molecule has 2 aromatic rings. The summed E-state index contributed by atoms with van der Waals surface area (Å²) < 4.78 is 5.83. The first-order valence-corrected chi connectivity index (χ1v) is 8.56. The molecule has 1 aliphatic heterocycles. The number of nitrogens with zero attached hydrogens (tertiary/aromatic N) is 2. The van der Waals surface area contributed by atoms with Crippen molar-refractivity contribution in [1.82, 2.24) is 4.98 Å². The number of aromatic nitrogens is 1. The Morgan fingerprint density at radius 3 is 2.79 bits per heavy atom. The molecular weight excluding hydrogens is 296 g/mol. The van der Waals surface area contributed by atoms with Gasteiger partial charge < -0.3 is 4.74 Å². The molecule has 124 valence electrons. The van der Waals surface area contributed by atoms with Gasteiger partial charge in [0.1, 0.15) is 5.75 Å². The molecule has 1 aliphatic rings. The summed E-state index contributed by atoms with van der Waals surface area (Å²) in [7, 11) is 0. The number of ether oxygens (including phenoxy) is 1. The van der Waals surface area contributed by atoms with Gasteiger partial charge >= 0.3 is 0 Å². The normalized spacial score (nSPS) is 16.3. The smallest absolute Gasteiger partial charge is 0.122 e. The van der Waals surface area contributed by atoms with Gasteiger partial charge in [0.2, 0.25) is 0 Å². The van der Waals surface area contributed by atoms with Gasteiger partial charge in [-0.25, -0.2) is 0 Å². The molecule has 0 amide bonds. The molecule has 1 aromatic carbocycles. The monoisotopic (exact) mass is 320 g/mol. The number of hydrogen-bond acceptors (Lipinski definition) is 3. The quantitative estimate of drug-likeness (QED) is 0.807. The van der Waals surface area contributed by atoms with Crippen molar-refractivity contribution in [2.24, 2.45) is 4.99 Å². The maximum absolute atomic E-state index is 5.83. The van der Waals surface area contributed by atoms with Gasteiger partial charge in [0, 0.05) is 24.5 Å². The maximum Gasteiger partial charge on any atom is 0.122 e. The lowest BCUT2D eigenvalue weighted by molar-refractivity contribution is 0.241. The minimum atomic E-state index is 0.190. The molecule has 1 aromatic heterocycles. The van der Waals surface area contributed by atoms with Crippen LogP contribution in [0.3, 0.4) is 0 Å². The van der Waals surface area contributed by atoms with Crippen LogP contribution in [0.2, 0.25) is 0 Å². The predicted molar refractivity (Wildman–Crippen MR) is 99.8 cm³/mol. The van der Waals surface area contributed by atoms with E-state index in [4.69, 9.17) is 9.73 Å². The highest BCUT2D eigenvalue weighted by molar-refractivity contribution is 6.15. The lowest BCUT2D eigenvalue weighted by Crippen LogP contribution is -2.12. The minimum Gasteiger partial charge on any atom is -0.491 e. The van der Waals surface area contributed by atoms with E-state index in [1.54, 1.807) is 6.20 Å². The van der Waals surface area contributed by atoms with E-state index in [0.29, 0.717) is 0 Å². The molecule has 3 rings (SSSR count). The van der Waals surface area contributed by atoms with Crippen LogP contribution in [0.4, 0.5) is 0 Å². The third-order valence-electron chi connectivity index (χ3n) is 4.02. The fourth-order valence-electron chi connectivity index (χ4n) is 2.95. The molecule has 24 heavy (non-hydrogen) atoms. The van der Waals surface area contributed by atoms with E-state index >= 15 is 0 Å². The zero-order chi connectivity index (χ0) is 16.9. The van der Waals surface area contributed by atoms with Crippen LogP contribution in [0.5, 0.6) is 5.75 Å². The Labute approximate surface area is 144 Å². The summed E-state index contributed by atoms with van der Waals surface area (Å²) >= 11 is 0. The Hall–Kier alpha value is -2.42. The van der Waals surface area contributed by atoms with Crippen LogP contribution in [0.1, 0.15) is 43.4 Å². The van der Waals surface area contributed by atoms with Crippen molar-refractivity contribution in [2.45, 2.75) is 39.7 Å². The average molecular weight is 320 g/mol. The zero-order valence-corrected chi connectivity index (χ0v) is 14.6. The second kappa shape index (κ2) is 7.43. The second-order valence-corrected chi connectivity index (χ2v) is 6.44. The van der Waals surface area contributed by atoms with Crippen molar-refractivity contribution in [2.75, 3.05) is 6.54 Å². The highest BCUT2D eigenvalue weighted by atomic mass is 16.5. The number of benzene rings is 1. The zero-order valence-electron chi connectivity index (χ0n) is 14.6. The van der Waals surface area contributed by atoms with Gasteiger partial charge in [-0.05, 0) is 80.7 Å². The Bertz CT molecular complexity index is 761. The van der Waals surface area contributed by atoms with Crippen LogP contribution in [0.25, 0.3) is 6.08 Å². The van der Waals surface area contributed by atoms with Crippen molar-refractivity contribution in [3.63, 3.8) is 0 Å². The molecule has 0 atom stereocenters. The van der Waals surface area contributed by atoms with Crippen molar-refractivity contribution in [3.05, 3.63) is 65.0 Å². The van der Waals surface area contributed by atoms with E-state index in [2.05, 4.69) is 42.2 Å². The van der Waals surface area contributed by atoms with E-state index < -0.39 is 0 Å². The fourth-order valence-corrected chi connectivity index (χ4v) is 2.95. The third-order valence-corrected chi connectivity index (χ3v) is 4.02. The second-order valence-electron chi connectivity index (χ2n) is 6.44. The van der Waals surface area contributed by atoms with Gasteiger partial charge in [-0.2, -0.15) is 0 Å². The first kappa shape index (κ1) is 16.4. The van der Waals surface area contributed by atoms with E-state index in [0.717, 1.165) is 42.0 Å². The molecule has 0 saturated carbocycles. The fraction of sp³-hybridized carbons (Fsp3) is 0.333. The summed E-state index contributed by atoms with van der Waals surface area (Å²) in [6.45, 7) is 7.08.